The number of hydrogen-bond acceptors (Lipinski definition) is 7. The van der Waals surface area contributed by atoms with E-state index in [1.165, 1.54) is 25.3 Å². The number of methoxy groups -OCH3 is 1. The molecule has 2 amide bonds. The molecule has 0 aliphatic carbocycles. The molecule has 0 bridgehead atoms. The topological polar surface area (TPSA) is 137 Å². The summed E-state index contributed by atoms with van der Waals surface area (Å²) in [5.74, 6) is -1.56. The number of hydrogen-bond donors (Lipinski definition) is 2. The fourth-order valence-corrected chi connectivity index (χ4v) is 2.45. The van der Waals surface area contributed by atoms with E-state index in [0.717, 1.165) is 5.56 Å². The maximum Gasteiger partial charge on any atom is 0.306 e. The molecule has 0 aliphatic rings. The van der Waals surface area contributed by atoms with Gasteiger partial charge in [-0.2, -0.15) is 0 Å². The van der Waals surface area contributed by atoms with Gasteiger partial charge in [0.15, 0.2) is 6.61 Å². The van der Waals surface area contributed by atoms with E-state index in [0.29, 0.717) is 11.4 Å². The van der Waals surface area contributed by atoms with Crippen LogP contribution in [0.25, 0.3) is 0 Å². The Hall–Kier alpha value is -3.95. The first-order chi connectivity index (χ1) is 14.3. The second-order valence-corrected chi connectivity index (χ2v) is 6.21. The van der Waals surface area contributed by atoms with Crippen molar-refractivity contribution in [3.05, 3.63) is 58.1 Å². The first kappa shape index (κ1) is 22.3. The van der Waals surface area contributed by atoms with Gasteiger partial charge >= 0.3 is 5.97 Å². The Labute approximate surface area is 172 Å². The van der Waals surface area contributed by atoms with Crippen molar-refractivity contribution in [2.24, 2.45) is 0 Å². The van der Waals surface area contributed by atoms with E-state index in [9.17, 15) is 24.5 Å². The zero-order valence-corrected chi connectivity index (χ0v) is 16.5. The van der Waals surface area contributed by atoms with Crippen LogP contribution in [0.3, 0.4) is 0 Å². The molecule has 0 atom stereocenters. The molecule has 0 heterocycles. The summed E-state index contributed by atoms with van der Waals surface area (Å²) in [6.07, 6.45) is -0.333. The number of rotatable bonds is 9. The highest BCUT2D eigenvalue weighted by molar-refractivity contribution is 5.96. The third kappa shape index (κ3) is 6.59. The fraction of sp³-hybridized carbons (Fsp3) is 0.250. The lowest BCUT2D eigenvalue weighted by molar-refractivity contribution is -0.383. The molecule has 2 aromatic rings. The normalized spacial score (nSPS) is 10.1. The number of esters is 1. The molecule has 30 heavy (non-hydrogen) atoms. The average molecular weight is 415 g/mol. The number of carbonyl (C=O) groups is 3. The molecule has 10 heteroatoms. The Morgan fingerprint density at radius 1 is 1.00 bits per heavy atom. The number of carbonyl (C=O) groups excluding carboxylic acids is 3. The van der Waals surface area contributed by atoms with Gasteiger partial charge in [-0.15, -0.1) is 0 Å². The molecular weight excluding hydrogens is 394 g/mol. The highest BCUT2D eigenvalue weighted by atomic mass is 16.6. The van der Waals surface area contributed by atoms with Crippen LogP contribution in [-0.4, -0.2) is 36.4 Å². The number of nitro benzene ring substituents is 1. The summed E-state index contributed by atoms with van der Waals surface area (Å²) >= 11 is 0. The van der Waals surface area contributed by atoms with Crippen molar-refractivity contribution in [3.63, 3.8) is 0 Å². The molecule has 158 valence electrons. The van der Waals surface area contributed by atoms with Gasteiger partial charge in [-0.25, -0.2) is 0 Å². The van der Waals surface area contributed by atoms with Gasteiger partial charge in [-0.1, -0.05) is 18.2 Å². The standard InChI is InChI=1S/C20H21N3O7/c1-13-5-3-4-6-15(13)21-18(24)9-10-20(26)30-12-19(25)22-16-11-14(29-2)7-8-17(16)23(27)28/h3-8,11H,9-10,12H2,1-2H3,(H,21,24)(H,22,25). The first-order valence-corrected chi connectivity index (χ1v) is 8.93. The quantitative estimate of drug-likeness (QED) is 0.365. The number of anilines is 2. The zero-order valence-electron chi connectivity index (χ0n) is 16.5. The Kier molecular flexibility index (Phi) is 7.86. The van der Waals surface area contributed by atoms with E-state index in [4.69, 9.17) is 9.47 Å². The lowest BCUT2D eigenvalue weighted by Gasteiger charge is -2.09. The van der Waals surface area contributed by atoms with E-state index in [2.05, 4.69) is 10.6 Å². The van der Waals surface area contributed by atoms with Crippen LogP contribution in [0.5, 0.6) is 5.75 Å². The molecule has 2 N–H and O–H groups in total. The number of nitrogens with zero attached hydrogens (tertiary/aromatic N) is 1. The van der Waals surface area contributed by atoms with Crippen molar-refractivity contribution in [1.29, 1.82) is 0 Å². The summed E-state index contributed by atoms with van der Waals surface area (Å²) in [7, 11) is 1.38. The summed E-state index contributed by atoms with van der Waals surface area (Å²) in [4.78, 5) is 46.1. The monoisotopic (exact) mass is 415 g/mol. The van der Waals surface area contributed by atoms with E-state index >= 15 is 0 Å². The summed E-state index contributed by atoms with van der Waals surface area (Å²) in [6, 6.07) is 11.1. The molecule has 0 unspecified atom stereocenters. The Morgan fingerprint density at radius 3 is 2.37 bits per heavy atom. The van der Waals surface area contributed by atoms with Crippen LogP contribution in [0, 0.1) is 17.0 Å². The summed E-state index contributed by atoms with van der Waals surface area (Å²) < 4.78 is 9.80. The van der Waals surface area contributed by atoms with Crippen molar-refractivity contribution < 1.29 is 28.8 Å². The highest BCUT2D eigenvalue weighted by Gasteiger charge is 2.18. The lowest BCUT2D eigenvalue weighted by atomic mass is 10.2. The molecular formula is C20H21N3O7. The van der Waals surface area contributed by atoms with Crippen LogP contribution in [0.2, 0.25) is 0 Å². The molecule has 0 saturated carbocycles. The molecule has 0 aromatic heterocycles. The Morgan fingerprint density at radius 2 is 1.70 bits per heavy atom. The smallest absolute Gasteiger partial charge is 0.306 e. The van der Waals surface area contributed by atoms with Crippen molar-refractivity contribution in [2.45, 2.75) is 19.8 Å². The average Bonchev–Trinajstić information content (AvgIpc) is 2.72. The van der Waals surface area contributed by atoms with Gasteiger partial charge in [0, 0.05) is 24.2 Å². The second kappa shape index (κ2) is 10.6. The third-order valence-corrected chi connectivity index (χ3v) is 4.01. The molecule has 2 aromatic carbocycles. The van der Waals surface area contributed by atoms with Gasteiger partial charge < -0.3 is 20.1 Å². The lowest BCUT2D eigenvalue weighted by Crippen LogP contribution is -2.22. The van der Waals surface area contributed by atoms with Crippen molar-refractivity contribution >= 4 is 34.8 Å². The Balaban J connectivity index is 1.81. The zero-order chi connectivity index (χ0) is 22.1. The molecule has 10 nitrogen and oxygen atoms in total. The van der Waals surface area contributed by atoms with E-state index in [1.54, 1.807) is 12.1 Å². The SMILES string of the molecule is COc1ccc([N+](=O)[O-])c(NC(=O)COC(=O)CCC(=O)Nc2ccccc2C)c1. The molecule has 2 rings (SSSR count). The number of para-hydroxylation sites is 1. The predicted octanol–water partition coefficient (Wildman–Crippen LogP) is 2.81. The Bertz CT molecular complexity index is 959. The molecule has 0 saturated heterocycles. The van der Waals surface area contributed by atoms with E-state index in [1.807, 2.05) is 19.1 Å². The third-order valence-electron chi connectivity index (χ3n) is 4.01. The fourth-order valence-electron chi connectivity index (χ4n) is 2.45. The van der Waals surface area contributed by atoms with Crippen LogP contribution in [0.4, 0.5) is 17.1 Å². The number of benzene rings is 2. The maximum atomic E-state index is 12.0. The first-order valence-electron chi connectivity index (χ1n) is 8.93. The van der Waals surface area contributed by atoms with Crippen LogP contribution < -0.4 is 15.4 Å². The number of nitro groups is 1. The number of nitrogens with one attached hydrogen (secondary N) is 2. The van der Waals surface area contributed by atoms with Crippen LogP contribution in [0.15, 0.2) is 42.5 Å². The van der Waals surface area contributed by atoms with Gasteiger partial charge in [0.1, 0.15) is 11.4 Å². The van der Waals surface area contributed by atoms with Crippen molar-refractivity contribution in [1.82, 2.24) is 0 Å². The second-order valence-electron chi connectivity index (χ2n) is 6.21. The summed E-state index contributed by atoms with van der Waals surface area (Å²) in [5, 5.41) is 16.1. The summed E-state index contributed by atoms with van der Waals surface area (Å²) in [5.41, 5.74) is 1.12. The maximum absolute atomic E-state index is 12.0. The minimum atomic E-state index is -0.760. The molecule has 0 radical (unpaired) electrons. The van der Waals surface area contributed by atoms with Crippen LogP contribution in [0.1, 0.15) is 18.4 Å². The predicted molar refractivity (Wildman–Crippen MR) is 108 cm³/mol. The number of amides is 2. The van der Waals surface area contributed by atoms with Gasteiger partial charge in [0.05, 0.1) is 18.5 Å². The van der Waals surface area contributed by atoms with Gasteiger partial charge in [-0.05, 0) is 24.6 Å². The van der Waals surface area contributed by atoms with E-state index < -0.39 is 23.4 Å². The molecule has 0 aliphatic heterocycles. The number of aryl methyl sites for hydroxylation is 1. The highest BCUT2D eigenvalue weighted by Crippen LogP contribution is 2.28. The largest absolute Gasteiger partial charge is 0.497 e. The van der Waals surface area contributed by atoms with Crippen LogP contribution in [-0.2, 0) is 19.1 Å². The molecule has 0 fully saturated rings. The van der Waals surface area contributed by atoms with E-state index in [-0.39, 0.29) is 30.1 Å². The van der Waals surface area contributed by atoms with Crippen molar-refractivity contribution in [3.8, 4) is 5.75 Å². The van der Waals surface area contributed by atoms with Gasteiger partial charge in [-0.3, -0.25) is 24.5 Å². The molecule has 0 spiro atoms. The minimum absolute atomic E-state index is 0.0852. The van der Waals surface area contributed by atoms with Crippen LogP contribution >= 0.6 is 0 Å². The van der Waals surface area contributed by atoms with Crippen molar-refractivity contribution in [2.75, 3.05) is 24.4 Å². The minimum Gasteiger partial charge on any atom is -0.497 e. The summed E-state index contributed by atoms with van der Waals surface area (Å²) in [6.45, 7) is 1.20. The number of ether oxygens (including phenoxy) is 2. The van der Waals surface area contributed by atoms with Gasteiger partial charge in [0.25, 0.3) is 11.6 Å². The van der Waals surface area contributed by atoms with Gasteiger partial charge in [0.2, 0.25) is 5.91 Å².